The maximum Gasteiger partial charge on any atom is 0.0724 e. The molecule has 0 amide bonds. The first-order valence-corrected chi connectivity index (χ1v) is 7.41. The molecule has 1 aliphatic heterocycles. The molecule has 3 atom stereocenters. The summed E-state index contributed by atoms with van der Waals surface area (Å²) in [5.74, 6) is 1.41. The van der Waals surface area contributed by atoms with Crippen molar-refractivity contribution < 1.29 is 4.74 Å². The normalized spacial score (nSPS) is 29.5. The standard InChI is InChI=1S/C15H32N2O/c1-12(2)6-8-15(4,11-16)17-9-7-13(3)14(10-17)18-5/h12-14H,6-11,16H2,1-5H3. The molecule has 0 radical (unpaired) electrons. The molecule has 3 unspecified atom stereocenters. The lowest BCUT2D eigenvalue weighted by atomic mass is 9.86. The molecule has 0 saturated carbocycles. The summed E-state index contributed by atoms with van der Waals surface area (Å²) >= 11 is 0. The number of rotatable bonds is 6. The van der Waals surface area contributed by atoms with Crippen LogP contribution in [-0.4, -0.2) is 43.3 Å². The minimum absolute atomic E-state index is 0.140. The van der Waals surface area contributed by atoms with Gasteiger partial charge >= 0.3 is 0 Å². The Kier molecular flexibility index (Phi) is 6.09. The average molecular weight is 256 g/mol. The molecule has 1 aliphatic rings. The maximum atomic E-state index is 6.06. The molecule has 2 N–H and O–H groups in total. The molecule has 3 heteroatoms. The number of hydrogen-bond donors (Lipinski definition) is 1. The van der Waals surface area contributed by atoms with Crippen LogP contribution in [0.4, 0.5) is 0 Å². The van der Waals surface area contributed by atoms with Crippen molar-refractivity contribution in [1.29, 1.82) is 0 Å². The predicted octanol–water partition coefficient (Wildman–Crippen LogP) is 2.50. The number of nitrogens with zero attached hydrogens (tertiary/aromatic N) is 1. The van der Waals surface area contributed by atoms with E-state index in [0.29, 0.717) is 12.0 Å². The van der Waals surface area contributed by atoms with Gasteiger partial charge < -0.3 is 10.5 Å². The highest BCUT2D eigenvalue weighted by molar-refractivity contribution is 4.92. The fourth-order valence-electron chi connectivity index (χ4n) is 2.82. The zero-order valence-corrected chi connectivity index (χ0v) is 12.9. The van der Waals surface area contributed by atoms with E-state index >= 15 is 0 Å². The molecule has 108 valence electrons. The Morgan fingerprint density at radius 1 is 1.44 bits per heavy atom. The Bertz CT molecular complexity index is 245. The van der Waals surface area contributed by atoms with Crippen LogP contribution < -0.4 is 5.73 Å². The molecule has 1 heterocycles. The lowest BCUT2D eigenvalue weighted by molar-refractivity contribution is -0.0431. The summed E-state index contributed by atoms with van der Waals surface area (Å²) in [5, 5.41) is 0. The van der Waals surface area contributed by atoms with E-state index in [0.717, 1.165) is 25.6 Å². The summed E-state index contributed by atoms with van der Waals surface area (Å²) in [6.45, 7) is 12.1. The van der Waals surface area contributed by atoms with Crippen molar-refractivity contribution in [3.8, 4) is 0 Å². The summed E-state index contributed by atoms with van der Waals surface area (Å²) < 4.78 is 5.62. The van der Waals surface area contributed by atoms with Crippen LogP contribution in [-0.2, 0) is 4.74 Å². The van der Waals surface area contributed by atoms with Crippen molar-refractivity contribution in [2.24, 2.45) is 17.6 Å². The molecule has 0 aromatic heterocycles. The van der Waals surface area contributed by atoms with Gasteiger partial charge in [0.25, 0.3) is 0 Å². The first-order chi connectivity index (χ1) is 8.42. The number of piperidine rings is 1. The fourth-order valence-corrected chi connectivity index (χ4v) is 2.82. The summed E-state index contributed by atoms with van der Waals surface area (Å²) in [6.07, 6.45) is 4.02. The third kappa shape index (κ3) is 3.94. The molecular formula is C15H32N2O. The minimum Gasteiger partial charge on any atom is -0.380 e. The third-order valence-electron chi connectivity index (χ3n) is 4.66. The predicted molar refractivity (Wildman–Crippen MR) is 77.7 cm³/mol. The summed E-state index contributed by atoms with van der Waals surface area (Å²) in [4.78, 5) is 2.56. The Labute approximate surface area is 113 Å². The van der Waals surface area contributed by atoms with Gasteiger partial charge in [0.05, 0.1) is 6.10 Å². The fraction of sp³-hybridized carbons (Fsp3) is 1.00. The van der Waals surface area contributed by atoms with Crippen LogP contribution in [0.15, 0.2) is 0 Å². The van der Waals surface area contributed by atoms with Crippen LogP contribution in [0.3, 0.4) is 0 Å². The second kappa shape index (κ2) is 6.88. The van der Waals surface area contributed by atoms with E-state index in [2.05, 4.69) is 32.6 Å². The van der Waals surface area contributed by atoms with Crippen molar-refractivity contribution in [2.45, 2.75) is 58.6 Å². The van der Waals surface area contributed by atoms with Gasteiger partial charge in [-0.1, -0.05) is 20.8 Å². The van der Waals surface area contributed by atoms with Crippen molar-refractivity contribution >= 4 is 0 Å². The van der Waals surface area contributed by atoms with Gasteiger partial charge in [-0.3, -0.25) is 4.90 Å². The number of nitrogens with two attached hydrogens (primary N) is 1. The molecule has 0 aromatic carbocycles. The molecule has 0 aliphatic carbocycles. The van der Waals surface area contributed by atoms with Gasteiger partial charge in [0, 0.05) is 25.7 Å². The van der Waals surface area contributed by atoms with Crippen LogP contribution in [0, 0.1) is 11.8 Å². The maximum absolute atomic E-state index is 6.06. The number of methoxy groups -OCH3 is 1. The number of ether oxygens (including phenoxy) is 1. The third-order valence-corrected chi connectivity index (χ3v) is 4.66. The Balaban J connectivity index is 2.63. The Morgan fingerprint density at radius 3 is 2.61 bits per heavy atom. The Hall–Kier alpha value is -0.120. The molecule has 3 nitrogen and oxygen atoms in total. The van der Waals surface area contributed by atoms with Crippen LogP contribution in [0.5, 0.6) is 0 Å². The first kappa shape index (κ1) is 15.9. The van der Waals surface area contributed by atoms with Crippen molar-refractivity contribution in [3.05, 3.63) is 0 Å². The van der Waals surface area contributed by atoms with Gasteiger partial charge in [0.2, 0.25) is 0 Å². The topological polar surface area (TPSA) is 38.5 Å². The molecule has 1 rings (SSSR count). The zero-order chi connectivity index (χ0) is 13.8. The van der Waals surface area contributed by atoms with E-state index < -0.39 is 0 Å². The van der Waals surface area contributed by atoms with Crippen LogP contribution in [0.25, 0.3) is 0 Å². The summed E-state index contributed by atoms with van der Waals surface area (Å²) in [7, 11) is 1.83. The molecule has 0 spiro atoms. The van der Waals surface area contributed by atoms with E-state index in [4.69, 9.17) is 10.5 Å². The SMILES string of the molecule is COC1CN(C(C)(CN)CCC(C)C)CCC1C. The molecule has 18 heavy (non-hydrogen) atoms. The highest BCUT2D eigenvalue weighted by atomic mass is 16.5. The lowest BCUT2D eigenvalue weighted by Gasteiger charge is -2.47. The van der Waals surface area contributed by atoms with Crippen LogP contribution >= 0.6 is 0 Å². The summed E-state index contributed by atoms with van der Waals surface area (Å²) in [5.41, 5.74) is 6.20. The van der Waals surface area contributed by atoms with Crippen molar-refractivity contribution in [2.75, 3.05) is 26.7 Å². The second-order valence-corrected chi connectivity index (χ2v) is 6.62. The molecule has 0 bridgehead atoms. The lowest BCUT2D eigenvalue weighted by Crippen LogP contribution is -2.58. The largest absolute Gasteiger partial charge is 0.380 e. The van der Waals surface area contributed by atoms with E-state index in [-0.39, 0.29) is 5.54 Å². The van der Waals surface area contributed by atoms with Gasteiger partial charge in [0.1, 0.15) is 0 Å². The Morgan fingerprint density at radius 2 is 2.11 bits per heavy atom. The highest BCUT2D eigenvalue weighted by Crippen LogP contribution is 2.29. The van der Waals surface area contributed by atoms with Gasteiger partial charge in [-0.05, 0) is 44.6 Å². The summed E-state index contributed by atoms with van der Waals surface area (Å²) in [6, 6.07) is 0. The first-order valence-electron chi connectivity index (χ1n) is 7.41. The van der Waals surface area contributed by atoms with E-state index in [1.165, 1.54) is 19.3 Å². The van der Waals surface area contributed by atoms with Gasteiger partial charge in [-0.25, -0.2) is 0 Å². The quantitative estimate of drug-likeness (QED) is 0.793. The van der Waals surface area contributed by atoms with E-state index in [1.54, 1.807) is 0 Å². The molecule has 0 aromatic rings. The van der Waals surface area contributed by atoms with E-state index in [9.17, 15) is 0 Å². The van der Waals surface area contributed by atoms with Crippen LogP contribution in [0.1, 0.15) is 47.0 Å². The van der Waals surface area contributed by atoms with Crippen molar-refractivity contribution in [3.63, 3.8) is 0 Å². The second-order valence-electron chi connectivity index (χ2n) is 6.62. The zero-order valence-electron chi connectivity index (χ0n) is 12.9. The van der Waals surface area contributed by atoms with E-state index in [1.807, 2.05) is 7.11 Å². The molecular weight excluding hydrogens is 224 g/mol. The monoisotopic (exact) mass is 256 g/mol. The number of likely N-dealkylation sites (tertiary alicyclic amines) is 1. The van der Waals surface area contributed by atoms with Crippen LogP contribution in [0.2, 0.25) is 0 Å². The molecule has 1 saturated heterocycles. The average Bonchev–Trinajstić information content (AvgIpc) is 2.36. The number of hydrogen-bond acceptors (Lipinski definition) is 3. The van der Waals surface area contributed by atoms with Gasteiger partial charge in [-0.2, -0.15) is 0 Å². The smallest absolute Gasteiger partial charge is 0.0724 e. The minimum atomic E-state index is 0.140. The molecule has 1 fully saturated rings. The van der Waals surface area contributed by atoms with Crippen molar-refractivity contribution in [1.82, 2.24) is 4.90 Å². The van der Waals surface area contributed by atoms with Gasteiger partial charge in [-0.15, -0.1) is 0 Å². The highest BCUT2D eigenvalue weighted by Gasteiger charge is 2.36. The van der Waals surface area contributed by atoms with Gasteiger partial charge in [0.15, 0.2) is 0 Å².